The Kier molecular flexibility index (Phi) is 8.61. The van der Waals surface area contributed by atoms with Crippen LogP contribution < -0.4 is 5.09 Å². The van der Waals surface area contributed by atoms with Crippen LogP contribution in [0.4, 0.5) is 0 Å². The highest BCUT2D eigenvalue weighted by atomic mass is 32.7. The molecule has 0 fully saturated rings. The second-order valence-corrected chi connectivity index (χ2v) is 8.05. The van der Waals surface area contributed by atoms with Crippen LogP contribution in [0.1, 0.15) is 13.8 Å². The molecule has 78 valence electrons. The molecule has 0 spiro atoms. The normalized spacial score (nSPS) is 14.9. The van der Waals surface area contributed by atoms with Gasteiger partial charge in [-0.25, -0.2) is 0 Å². The van der Waals surface area contributed by atoms with E-state index in [1.807, 2.05) is 6.92 Å². The first-order chi connectivity index (χ1) is 6.18. The summed E-state index contributed by atoms with van der Waals surface area (Å²) in [4.78, 5) is 0. The molecule has 13 heavy (non-hydrogen) atoms. The molecule has 0 heterocycles. The molecule has 0 aliphatic carbocycles. The third-order valence-electron chi connectivity index (χ3n) is 1.02. The van der Waals surface area contributed by atoms with Crippen molar-refractivity contribution in [2.75, 3.05) is 17.4 Å². The molecule has 0 bridgehead atoms. The Morgan fingerprint density at radius 2 is 2.31 bits per heavy atom. The molecule has 1 atom stereocenters. The van der Waals surface area contributed by atoms with Crippen molar-refractivity contribution in [3.63, 3.8) is 0 Å². The SMILES string of the molecule is CCOP(=O)(NC=S)SCSCC. The van der Waals surface area contributed by atoms with Crippen molar-refractivity contribution in [1.82, 2.24) is 5.09 Å². The summed E-state index contributed by atoms with van der Waals surface area (Å²) in [6.45, 7) is 1.53. The second kappa shape index (κ2) is 8.12. The summed E-state index contributed by atoms with van der Waals surface area (Å²) in [6, 6.07) is 0. The topological polar surface area (TPSA) is 38.3 Å². The average Bonchev–Trinajstić information content (AvgIpc) is 2.05. The molecule has 0 aliphatic heterocycles. The van der Waals surface area contributed by atoms with Crippen molar-refractivity contribution >= 4 is 47.6 Å². The molecule has 7 heteroatoms. The van der Waals surface area contributed by atoms with E-state index in [4.69, 9.17) is 4.52 Å². The maximum absolute atomic E-state index is 11.8. The van der Waals surface area contributed by atoms with Crippen LogP contribution in [-0.4, -0.2) is 22.9 Å². The number of rotatable bonds is 8. The Hall–Kier alpha value is 0.780. The lowest BCUT2D eigenvalue weighted by molar-refractivity contribution is 0.343. The summed E-state index contributed by atoms with van der Waals surface area (Å²) in [5.41, 5.74) is 1.25. The van der Waals surface area contributed by atoms with E-state index >= 15 is 0 Å². The summed E-state index contributed by atoms with van der Waals surface area (Å²) in [6.07, 6.45) is 0. The number of thioether (sulfide) groups is 1. The van der Waals surface area contributed by atoms with Gasteiger partial charge in [0.15, 0.2) is 0 Å². The van der Waals surface area contributed by atoms with Crippen LogP contribution in [0.2, 0.25) is 0 Å². The van der Waals surface area contributed by atoms with Gasteiger partial charge in [0, 0.05) is 0 Å². The standard InChI is InChI=1S/C6H14NO2PS3/c1-3-9-10(8,7-5-11)13-6-12-4-2/h5H,3-4,6H2,1-2H3,(H,7,8,11). The Morgan fingerprint density at radius 3 is 2.77 bits per heavy atom. The van der Waals surface area contributed by atoms with Gasteiger partial charge in [-0.2, -0.15) is 11.8 Å². The fraction of sp³-hybridized carbons (Fsp3) is 0.833. The molecule has 0 aliphatic rings. The quantitative estimate of drug-likeness (QED) is 0.312. The van der Waals surface area contributed by atoms with Crippen LogP contribution in [0.5, 0.6) is 0 Å². The molecule has 1 N–H and O–H groups in total. The molecule has 3 nitrogen and oxygen atoms in total. The van der Waals surface area contributed by atoms with E-state index < -0.39 is 6.72 Å². The van der Waals surface area contributed by atoms with Crippen LogP contribution in [0.15, 0.2) is 0 Å². The molecule has 0 aromatic rings. The van der Waals surface area contributed by atoms with Crippen molar-refractivity contribution in [2.24, 2.45) is 0 Å². The van der Waals surface area contributed by atoms with E-state index in [1.54, 1.807) is 11.8 Å². The van der Waals surface area contributed by atoms with E-state index in [0.29, 0.717) is 6.61 Å². The largest absolute Gasteiger partial charge is 0.352 e. The zero-order valence-corrected chi connectivity index (χ0v) is 11.0. The Labute approximate surface area is 93.0 Å². The summed E-state index contributed by atoms with van der Waals surface area (Å²) >= 11 is 7.58. The molecule has 0 saturated carbocycles. The summed E-state index contributed by atoms with van der Waals surface area (Å²) in [5, 5.41) is 3.35. The van der Waals surface area contributed by atoms with Gasteiger partial charge in [-0.15, -0.1) is 0 Å². The van der Waals surface area contributed by atoms with Crippen LogP contribution in [0.3, 0.4) is 0 Å². The van der Waals surface area contributed by atoms with Crippen LogP contribution >= 0.6 is 42.1 Å². The van der Waals surface area contributed by atoms with Crippen molar-refractivity contribution in [3.8, 4) is 0 Å². The minimum absolute atomic E-state index is 0.428. The second-order valence-electron chi connectivity index (χ2n) is 1.90. The molecule has 1 unspecified atom stereocenters. The third kappa shape index (κ3) is 6.80. The first kappa shape index (κ1) is 13.8. The molecule has 0 aromatic heterocycles. The minimum atomic E-state index is -2.76. The van der Waals surface area contributed by atoms with Gasteiger partial charge in [0.25, 0.3) is 0 Å². The van der Waals surface area contributed by atoms with Crippen molar-refractivity contribution in [1.29, 1.82) is 0 Å². The lowest BCUT2D eigenvalue weighted by Gasteiger charge is -2.15. The number of hydrogen-bond acceptors (Lipinski definition) is 5. The van der Waals surface area contributed by atoms with E-state index in [-0.39, 0.29) is 0 Å². The van der Waals surface area contributed by atoms with E-state index in [0.717, 1.165) is 10.8 Å². The molecule has 0 aromatic carbocycles. The lowest BCUT2D eigenvalue weighted by Crippen LogP contribution is -2.06. The number of hydrogen-bond donors (Lipinski definition) is 1. The van der Waals surface area contributed by atoms with Gasteiger partial charge in [-0.1, -0.05) is 19.1 Å². The van der Waals surface area contributed by atoms with E-state index in [2.05, 4.69) is 24.2 Å². The van der Waals surface area contributed by atoms with Crippen LogP contribution in [0, 0.1) is 0 Å². The average molecular weight is 259 g/mol. The molecule has 0 rings (SSSR count). The Balaban J connectivity index is 3.91. The van der Waals surface area contributed by atoms with Gasteiger partial charge >= 0.3 is 6.72 Å². The Bertz CT molecular complexity index is 191. The maximum Gasteiger partial charge on any atom is 0.352 e. The first-order valence-corrected chi connectivity index (χ1v) is 8.71. The molecule has 0 amide bonds. The highest BCUT2D eigenvalue weighted by Gasteiger charge is 2.21. The van der Waals surface area contributed by atoms with Gasteiger partial charge in [-0.05, 0) is 24.1 Å². The predicted octanol–water partition coefficient (Wildman–Crippen LogP) is 3.12. The zero-order chi connectivity index (χ0) is 10.2. The molecule has 0 saturated heterocycles. The highest BCUT2D eigenvalue weighted by Crippen LogP contribution is 2.56. The fourth-order valence-corrected chi connectivity index (χ4v) is 6.21. The maximum atomic E-state index is 11.8. The zero-order valence-electron chi connectivity index (χ0n) is 7.69. The number of nitrogens with one attached hydrogen (secondary N) is 1. The number of thiocarbonyl (C=S) groups is 1. The van der Waals surface area contributed by atoms with Crippen LogP contribution in [-0.2, 0) is 9.09 Å². The van der Waals surface area contributed by atoms with Gasteiger partial charge in [0.2, 0.25) is 0 Å². The predicted molar refractivity (Wildman–Crippen MR) is 66.6 cm³/mol. The Morgan fingerprint density at radius 1 is 1.62 bits per heavy atom. The van der Waals surface area contributed by atoms with Gasteiger partial charge in [-0.3, -0.25) is 4.57 Å². The van der Waals surface area contributed by atoms with Gasteiger partial charge in [0.05, 0.1) is 17.2 Å². The third-order valence-corrected chi connectivity index (χ3v) is 6.79. The summed E-state index contributed by atoms with van der Waals surface area (Å²) < 4.78 is 16.9. The lowest BCUT2D eigenvalue weighted by atomic mass is 10.9. The smallest absolute Gasteiger partial charge is 0.306 e. The highest BCUT2D eigenvalue weighted by molar-refractivity contribution is 8.58. The molecular weight excluding hydrogens is 245 g/mol. The van der Waals surface area contributed by atoms with Crippen molar-refractivity contribution < 1.29 is 9.09 Å². The van der Waals surface area contributed by atoms with Gasteiger partial charge in [0.1, 0.15) is 0 Å². The van der Waals surface area contributed by atoms with Crippen LogP contribution in [0.25, 0.3) is 0 Å². The molecular formula is C6H14NO2PS3. The summed E-state index contributed by atoms with van der Waals surface area (Å²) in [5.74, 6) is 1.01. The van der Waals surface area contributed by atoms with Gasteiger partial charge < -0.3 is 9.61 Å². The van der Waals surface area contributed by atoms with Crippen molar-refractivity contribution in [2.45, 2.75) is 13.8 Å². The monoisotopic (exact) mass is 259 g/mol. The molecule has 0 radical (unpaired) electrons. The summed E-state index contributed by atoms with van der Waals surface area (Å²) in [7, 11) is 0. The fourth-order valence-electron chi connectivity index (χ4n) is 0.536. The first-order valence-electron chi connectivity index (χ1n) is 3.86. The minimum Gasteiger partial charge on any atom is -0.306 e. The van der Waals surface area contributed by atoms with E-state index in [1.165, 1.54) is 16.9 Å². The van der Waals surface area contributed by atoms with Crippen molar-refractivity contribution in [3.05, 3.63) is 0 Å². The van der Waals surface area contributed by atoms with E-state index in [9.17, 15) is 4.57 Å².